The number of carbonyl (C=O) groups excluding carboxylic acids is 1. The average Bonchev–Trinajstić information content (AvgIpc) is 3.16. The minimum Gasteiger partial charge on any atom is -0.461 e. The van der Waals surface area contributed by atoms with E-state index in [1.807, 2.05) is 30.5 Å². The highest BCUT2D eigenvalue weighted by atomic mass is 16.3. The van der Waals surface area contributed by atoms with Crippen LogP contribution in [-0.4, -0.2) is 25.7 Å². The van der Waals surface area contributed by atoms with Gasteiger partial charge in [-0.15, -0.1) is 5.10 Å². The summed E-state index contributed by atoms with van der Waals surface area (Å²) in [6, 6.07) is 7.47. The number of amides is 1. The van der Waals surface area contributed by atoms with Crippen molar-refractivity contribution in [2.45, 2.75) is 20.4 Å². The second-order valence-corrected chi connectivity index (χ2v) is 4.74. The third kappa shape index (κ3) is 2.71. The molecule has 0 saturated heterocycles. The molecule has 108 valence electrons. The molecule has 0 aliphatic rings. The van der Waals surface area contributed by atoms with Crippen molar-refractivity contribution in [1.82, 2.24) is 19.7 Å². The molecule has 1 amide bonds. The normalized spacial score (nSPS) is 10.8. The predicted molar refractivity (Wildman–Crippen MR) is 76.6 cm³/mol. The Bertz CT molecular complexity index is 735. The Morgan fingerprint density at radius 3 is 2.76 bits per heavy atom. The highest BCUT2D eigenvalue weighted by Crippen LogP contribution is 2.16. The zero-order valence-corrected chi connectivity index (χ0v) is 11.8. The van der Waals surface area contributed by atoms with Crippen LogP contribution in [0.4, 0.5) is 5.95 Å². The van der Waals surface area contributed by atoms with E-state index in [9.17, 15) is 4.79 Å². The SMILES string of the molecule is Cc1ccc(C)n1CC(=O)Nc1n[nH]c(-c2ccco2)n1. The third-order valence-corrected chi connectivity index (χ3v) is 3.21. The summed E-state index contributed by atoms with van der Waals surface area (Å²) in [5.74, 6) is 1.10. The van der Waals surface area contributed by atoms with Gasteiger partial charge in [-0.25, -0.2) is 0 Å². The Kier molecular flexibility index (Phi) is 3.31. The average molecular weight is 285 g/mol. The summed E-state index contributed by atoms with van der Waals surface area (Å²) in [7, 11) is 0. The first-order valence-electron chi connectivity index (χ1n) is 6.52. The number of aromatic nitrogens is 4. The number of nitrogens with zero attached hydrogens (tertiary/aromatic N) is 3. The van der Waals surface area contributed by atoms with Crippen molar-refractivity contribution in [3.63, 3.8) is 0 Å². The number of H-pyrrole nitrogens is 1. The molecule has 7 nitrogen and oxygen atoms in total. The monoisotopic (exact) mass is 285 g/mol. The molecule has 0 spiro atoms. The van der Waals surface area contributed by atoms with Crippen molar-refractivity contribution in [2.24, 2.45) is 0 Å². The van der Waals surface area contributed by atoms with Gasteiger partial charge in [0.05, 0.1) is 6.26 Å². The number of hydrogen-bond donors (Lipinski definition) is 2. The van der Waals surface area contributed by atoms with Crippen LogP contribution in [-0.2, 0) is 11.3 Å². The molecule has 0 aliphatic carbocycles. The van der Waals surface area contributed by atoms with Gasteiger partial charge in [0.25, 0.3) is 0 Å². The molecule has 0 fully saturated rings. The molecule has 21 heavy (non-hydrogen) atoms. The minimum absolute atomic E-state index is 0.178. The summed E-state index contributed by atoms with van der Waals surface area (Å²) < 4.78 is 7.13. The summed E-state index contributed by atoms with van der Waals surface area (Å²) in [5.41, 5.74) is 2.07. The van der Waals surface area contributed by atoms with Gasteiger partial charge in [-0.2, -0.15) is 4.98 Å². The van der Waals surface area contributed by atoms with E-state index in [1.165, 1.54) is 0 Å². The number of aromatic amines is 1. The Morgan fingerprint density at radius 2 is 2.10 bits per heavy atom. The number of furan rings is 1. The molecule has 3 rings (SSSR count). The molecule has 2 N–H and O–H groups in total. The van der Waals surface area contributed by atoms with Crippen LogP contribution in [0, 0.1) is 13.8 Å². The Labute approximate surface area is 121 Å². The van der Waals surface area contributed by atoms with Crippen molar-refractivity contribution in [3.8, 4) is 11.6 Å². The topological polar surface area (TPSA) is 88.7 Å². The molecule has 0 aromatic carbocycles. The lowest BCUT2D eigenvalue weighted by Crippen LogP contribution is -2.20. The van der Waals surface area contributed by atoms with E-state index in [1.54, 1.807) is 18.4 Å². The molecule has 0 saturated carbocycles. The number of rotatable bonds is 4. The summed E-state index contributed by atoms with van der Waals surface area (Å²) in [5, 5.41) is 9.33. The number of carbonyl (C=O) groups is 1. The van der Waals surface area contributed by atoms with Gasteiger partial charge in [-0.1, -0.05) is 0 Å². The smallest absolute Gasteiger partial charge is 0.249 e. The summed E-state index contributed by atoms with van der Waals surface area (Å²) in [6.07, 6.45) is 1.55. The molecule has 0 unspecified atom stereocenters. The fourth-order valence-electron chi connectivity index (χ4n) is 2.10. The van der Waals surface area contributed by atoms with Gasteiger partial charge >= 0.3 is 0 Å². The van der Waals surface area contributed by atoms with Crippen molar-refractivity contribution >= 4 is 11.9 Å². The zero-order valence-electron chi connectivity index (χ0n) is 11.8. The van der Waals surface area contributed by atoms with Crippen LogP contribution in [0.25, 0.3) is 11.6 Å². The van der Waals surface area contributed by atoms with Crippen LogP contribution in [0.5, 0.6) is 0 Å². The number of hydrogen-bond acceptors (Lipinski definition) is 4. The largest absolute Gasteiger partial charge is 0.461 e. The third-order valence-electron chi connectivity index (χ3n) is 3.21. The van der Waals surface area contributed by atoms with Crippen molar-refractivity contribution in [1.29, 1.82) is 0 Å². The molecule has 0 aliphatic heterocycles. The second kappa shape index (κ2) is 5.28. The first-order chi connectivity index (χ1) is 10.1. The summed E-state index contributed by atoms with van der Waals surface area (Å²) >= 11 is 0. The molecule has 3 aromatic heterocycles. The van der Waals surface area contributed by atoms with Crippen LogP contribution in [0.3, 0.4) is 0 Å². The van der Waals surface area contributed by atoms with Crippen molar-refractivity contribution in [3.05, 3.63) is 41.9 Å². The van der Waals surface area contributed by atoms with Gasteiger partial charge in [0.2, 0.25) is 11.9 Å². The van der Waals surface area contributed by atoms with E-state index in [0.717, 1.165) is 11.4 Å². The van der Waals surface area contributed by atoms with Crippen molar-refractivity contribution in [2.75, 3.05) is 5.32 Å². The van der Waals surface area contributed by atoms with Gasteiger partial charge in [-0.05, 0) is 38.1 Å². The lowest BCUT2D eigenvalue weighted by atomic mass is 10.4. The van der Waals surface area contributed by atoms with E-state index in [0.29, 0.717) is 11.6 Å². The standard InChI is InChI=1S/C14H15N5O2/c1-9-5-6-10(2)19(9)8-12(20)15-14-16-13(17-18-14)11-4-3-7-21-11/h3-7H,8H2,1-2H3,(H2,15,16,17,18,20). The maximum atomic E-state index is 12.0. The fraction of sp³-hybridized carbons (Fsp3) is 0.214. The molecule has 0 bridgehead atoms. The summed E-state index contributed by atoms with van der Waals surface area (Å²) in [6.45, 7) is 4.15. The lowest BCUT2D eigenvalue weighted by Gasteiger charge is -2.07. The molecule has 3 heterocycles. The van der Waals surface area contributed by atoms with Gasteiger partial charge in [0.15, 0.2) is 11.6 Å². The molecule has 7 heteroatoms. The van der Waals surface area contributed by atoms with E-state index < -0.39 is 0 Å². The van der Waals surface area contributed by atoms with Crippen LogP contribution in [0.2, 0.25) is 0 Å². The van der Waals surface area contributed by atoms with E-state index >= 15 is 0 Å². The fourth-order valence-corrected chi connectivity index (χ4v) is 2.10. The Morgan fingerprint density at radius 1 is 1.33 bits per heavy atom. The highest BCUT2D eigenvalue weighted by Gasteiger charge is 2.12. The maximum Gasteiger partial charge on any atom is 0.249 e. The van der Waals surface area contributed by atoms with Crippen LogP contribution in [0.1, 0.15) is 11.4 Å². The first-order valence-corrected chi connectivity index (χ1v) is 6.52. The van der Waals surface area contributed by atoms with Crippen LogP contribution < -0.4 is 5.32 Å². The van der Waals surface area contributed by atoms with E-state index in [2.05, 4.69) is 20.5 Å². The number of nitrogens with one attached hydrogen (secondary N) is 2. The van der Waals surface area contributed by atoms with E-state index in [-0.39, 0.29) is 18.4 Å². The Balaban J connectivity index is 1.68. The zero-order chi connectivity index (χ0) is 14.8. The van der Waals surface area contributed by atoms with Gasteiger partial charge in [-0.3, -0.25) is 15.2 Å². The first kappa shape index (κ1) is 13.2. The van der Waals surface area contributed by atoms with Crippen molar-refractivity contribution < 1.29 is 9.21 Å². The van der Waals surface area contributed by atoms with E-state index in [4.69, 9.17) is 4.42 Å². The van der Waals surface area contributed by atoms with Gasteiger partial charge in [0.1, 0.15) is 6.54 Å². The second-order valence-electron chi connectivity index (χ2n) is 4.74. The number of aryl methyl sites for hydroxylation is 2. The van der Waals surface area contributed by atoms with Crippen LogP contribution in [0.15, 0.2) is 34.9 Å². The molecular formula is C14H15N5O2. The lowest BCUT2D eigenvalue weighted by molar-refractivity contribution is -0.116. The Hall–Kier alpha value is -2.83. The molecular weight excluding hydrogens is 270 g/mol. The summed E-state index contributed by atoms with van der Waals surface area (Å²) in [4.78, 5) is 16.2. The maximum absolute atomic E-state index is 12.0. The molecule has 0 radical (unpaired) electrons. The quantitative estimate of drug-likeness (QED) is 0.768. The van der Waals surface area contributed by atoms with Crippen LogP contribution >= 0.6 is 0 Å². The van der Waals surface area contributed by atoms with Gasteiger partial charge < -0.3 is 8.98 Å². The highest BCUT2D eigenvalue weighted by molar-refractivity contribution is 5.89. The minimum atomic E-state index is -0.178. The molecule has 0 atom stereocenters. The number of anilines is 1. The van der Waals surface area contributed by atoms with Gasteiger partial charge in [0, 0.05) is 11.4 Å². The molecule has 3 aromatic rings. The predicted octanol–water partition coefficient (Wildman–Crippen LogP) is 2.12.